The molecule has 2 atom stereocenters. The Hall–Kier alpha value is -0.120. The molecular weight excluding hydrogens is 212 g/mol. The monoisotopic (exact) mass is 238 g/mol. The fraction of sp³-hybridized carbons (Fsp3) is 1.00. The fourth-order valence-electron chi connectivity index (χ4n) is 3.56. The van der Waals surface area contributed by atoms with E-state index >= 15 is 0 Å². The van der Waals surface area contributed by atoms with Gasteiger partial charge in [-0.2, -0.15) is 0 Å². The van der Waals surface area contributed by atoms with Crippen molar-refractivity contribution < 1.29 is 5.11 Å². The molecule has 3 aliphatic rings. The van der Waals surface area contributed by atoms with Crippen LogP contribution in [0.25, 0.3) is 0 Å². The molecule has 0 radical (unpaired) electrons. The molecule has 0 spiro atoms. The first-order valence-corrected chi connectivity index (χ1v) is 7.44. The van der Waals surface area contributed by atoms with E-state index in [0.717, 1.165) is 38.5 Å². The van der Waals surface area contributed by atoms with Gasteiger partial charge in [0.15, 0.2) is 0 Å². The topological polar surface area (TPSA) is 35.5 Å². The van der Waals surface area contributed by atoms with Crippen LogP contribution in [-0.4, -0.2) is 47.8 Å². The molecule has 0 bridgehead atoms. The third kappa shape index (κ3) is 2.83. The lowest BCUT2D eigenvalue weighted by Crippen LogP contribution is -2.54. The average Bonchev–Trinajstić information content (AvgIpc) is 3.13. The molecular formula is C14H26N2O. The highest BCUT2D eigenvalue weighted by molar-refractivity contribution is 4.95. The van der Waals surface area contributed by atoms with E-state index in [1.807, 2.05) is 0 Å². The zero-order valence-electron chi connectivity index (χ0n) is 10.8. The molecule has 1 saturated heterocycles. The normalized spacial score (nSPS) is 39.0. The standard InChI is InChI=1S/C14H26N2O/c17-14-6-2-1-3-12(14)11-16(9-7-14)10-8-15-13-4-5-13/h12-13,15,17H,1-11H2. The highest BCUT2D eigenvalue weighted by Gasteiger charge is 2.42. The van der Waals surface area contributed by atoms with Crippen molar-refractivity contribution in [3.63, 3.8) is 0 Å². The summed E-state index contributed by atoms with van der Waals surface area (Å²) in [6.07, 6.45) is 8.60. The van der Waals surface area contributed by atoms with Gasteiger partial charge in [0.25, 0.3) is 0 Å². The van der Waals surface area contributed by atoms with Gasteiger partial charge in [-0.1, -0.05) is 12.8 Å². The largest absolute Gasteiger partial charge is 0.390 e. The molecule has 3 heteroatoms. The number of rotatable bonds is 4. The third-order valence-corrected chi connectivity index (χ3v) is 4.95. The van der Waals surface area contributed by atoms with Crippen LogP contribution < -0.4 is 5.32 Å². The lowest BCUT2D eigenvalue weighted by atomic mass is 9.71. The Morgan fingerprint density at radius 3 is 2.88 bits per heavy atom. The van der Waals surface area contributed by atoms with Crippen molar-refractivity contribution in [3.05, 3.63) is 0 Å². The minimum atomic E-state index is -0.307. The summed E-state index contributed by atoms with van der Waals surface area (Å²) >= 11 is 0. The fourth-order valence-corrected chi connectivity index (χ4v) is 3.56. The van der Waals surface area contributed by atoms with Crippen LogP contribution in [0.2, 0.25) is 0 Å². The molecule has 2 N–H and O–H groups in total. The zero-order valence-corrected chi connectivity index (χ0v) is 10.8. The quantitative estimate of drug-likeness (QED) is 0.776. The van der Waals surface area contributed by atoms with Crippen molar-refractivity contribution in [1.29, 1.82) is 0 Å². The number of hydrogen-bond donors (Lipinski definition) is 2. The molecule has 2 unspecified atom stereocenters. The summed E-state index contributed by atoms with van der Waals surface area (Å²) in [7, 11) is 0. The predicted molar refractivity (Wildman–Crippen MR) is 69.0 cm³/mol. The van der Waals surface area contributed by atoms with Crippen molar-refractivity contribution in [2.45, 2.75) is 56.6 Å². The van der Waals surface area contributed by atoms with Gasteiger partial charge in [-0.15, -0.1) is 0 Å². The minimum Gasteiger partial charge on any atom is -0.390 e. The Balaban J connectivity index is 1.45. The molecule has 17 heavy (non-hydrogen) atoms. The van der Waals surface area contributed by atoms with Gasteiger partial charge >= 0.3 is 0 Å². The van der Waals surface area contributed by atoms with Crippen molar-refractivity contribution in [2.75, 3.05) is 26.2 Å². The maximum atomic E-state index is 10.6. The smallest absolute Gasteiger partial charge is 0.0700 e. The van der Waals surface area contributed by atoms with Gasteiger partial charge in [-0.3, -0.25) is 0 Å². The summed E-state index contributed by atoms with van der Waals surface area (Å²) in [5.74, 6) is 0.547. The molecule has 3 fully saturated rings. The van der Waals surface area contributed by atoms with Crippen LogP contribution in [0.5, 0.6) is 0 Å². The van der Waals surface area contributed by atoms with Crippen LogP contribution in [0, 0.1) is 5.92 Å². The molecule has 3 rings (SSSR count). The van der Waals surface area contributed by atoms with Crippen LogP contribution in [0.15, 0.2) is 0 Å². The number of hydrogen-bond acceptors (Lipinski definition) is 3. The van der Waals surface area contributed by atoms with Gasteiger partial charge in [0.2, 0.25) is 0 Å². The maximum absolute atomic E-state index is 10.6. The van der Waals surface area contributed by atoms with E-state index in [-0.39, 0.29) is 5.60 Å². The SMILES string of the molecule is OC12CCCCC1CN(CCNC1CC1)CC2. The highest BCUT2D eigenvalue weighted by Crippen LogP contribution is 2.39. The molecule has 2 saturated carbocycles. The Morgan fingerprint density at radius 1 is 1.18 bits per heavy atom. The minimum absolute atomic E-state index is 0.307. The molecule has 0 amide bonds. The first-order valence-electron chi connectivity index (χ1n) is 7.44. The van der Waals surface area contributed by atoms with Gasteiger partial charge in [0.1, 0.15) is 0 Å². The van der Waals surface area contributed by atoms with E-state index < -0.39 is 0 Å². The zero-order chi connectivity index (χ0) is 11.7. The maximum Gasteiger partial charge on any atom is 0.0700 e. The van der Waals surface area contributed by atoms with Crippen LogP contribution in [0.4, 0.5) is 0 Å². The van der Waals surface area contributed by atoms with Crippen molar-refractivity contribution in [1.82, 2.24) is 10.2 Å². The number of piperidine rings is 1. The second-order valence-electron chi connectivity index (χ2n) is 6.33. The van der Waals surface area contributed by atoms with Crippen molar-refractivity contribution in [2.24, 2.45) is 5.92 Å². The van der Waals surface area contributed by atoms with E-state index in [1.165, 1.54) is 38.6 Å². The van der Waals surface area contributed by atoms with Gasteiger partial charge in [-0.05, 0) is 32.1 Å². The van der Waals surface area contributed by atoms with Crippen molar-refractivity contribution in [3.8, 4) is 0 Å². The summed E-state index contributed by atoms with van der Waals surface area (Å²) < 4.78 is 0. The lowest BCUT2D eigenvalue weighted by molar-refractivity contribution is -0.0949. The van der Waals surface area contributed by atoms with Gasteiger partial charge in [-0.25, -0.2) is 0 Å². The van der Waals surface area contributed by atoms with E-state index in [0.29, 0.717) is 5.92 Å². The Labute approximate surface area is 105 Å². The number of fused-ring (bicyclic) bond motifs is 1. The Bertz CT molecular complexity index is 267. The summed E-state index contributed by atoms with van der Waals surface area (Å²) in [6, 6.07) is 0.825. The molecule has 0 aromatic carbocycles. The Kier molecular flexibility index (Phi) is 3.42. The third-order valence-electron chi connectivity index (χ3n) is 4.95. The first kappa shape index (κ1) is 11.9. The van der Waals surface area contributed by atoms with Crippen molar-refractivity contribution >= 4 is 0 Å². The van der Waals surface area contributed by atoms with Crippen LogP contribution in [0.1, 0.15) is 44.9 Å². The summed E-state index contributed by atoms with van der Waals surface area (Å²) in [5.41, 5.74) is -0.307. The molecule has 2 aliphatic carbocycles. The highest BCUT2D eigenvalue weighted by atomic mass is 16.3. The van der Waals surface area contributed by atoms with Gasteiger partial charge < -0.3 is 15.3 Å². The number of aliphatic hydroxyl groups is 1. The number of nitrogens with one attached hydrogen (secondary N) is 1. The van der Waals surface area contributed by atoms with E-state index in [2.05, 4.69) is 10.2 Å². The molecule has 1 heterocycles. The van der Waals surface area contributed by atoms with E-state index in [1.54, 1.807) is 0 Å². The second-order valence-corrected chi connectivity index (χ2v) is 6.33. The van der Waals surface area contributed by atoms with Crippen LogP contribution >= 0.6 is 0 Å². The van der Waals surface area contributed by atoms with Gasteiger partial charge in [0, 0.05) is 38.1 Å². The predicted octanol–water partition coefficient (Wildman–Crippen LogP) is 1.37. The lowest BCUT2D eigenvalue weighted by Gasteiger charge is -2.47. The van der Waals surface area contributed by atoms with E-state index in [4.69, 9.17) is 0 Å². The van der Waals surface area contributed by atoms with Crippen LogP contribution in [0.3, 0.4) is 0 Å². The summed E-state index contributed by atoms with van der Waals surface area (Å²) in [4.78, 5) is 2.56. The van der Waals surface area contributed by atoms with E-state index in [9.17, 15) is 5.11 Å². The number of nitrogens with zero attached hydrogens (tertiary/aromatic N) is 1. The summed E-state index contributed by atoms with van der Waals surface area (Å²) in [6.45, 7) is 4.53. The summed E-state index contributed by atoms with van der Waals surface area (Å²) in [5, 5.41) is 14.2. The van der Waals surface area contributed by atoms with Gasteiger partial charge in [0.05, 0.1) is 5.60 Å². The van der Waals surface area contributed by atoms with Crippen LogP contribution in [-0.2, 0) is 0 Å². The molecule has 0 aromatic heterocycles. The molecule has 0 aromatic rings. The Morgan fingerprint density at radius 2 is 2.06 bits per heavy atom. The molecule has 3 nitrogen and oxygen atoms in total. The molecule has 1 aliphatic heterocycles. The average molecular weight is 238 g/mol. The first-order chi connectivity index (χ1) is 8.26. The second kappa shape index (κ2) is 4.87. The number of likely N-dealkylation sites (tertiary alicyclic amines) is 1. The molecule has 98 valence electrons.